The molecule has 2 heterocycles. The molecule has 27 heavy (non-hydrogen) atoms. The SMILES string of the molecule is O=C(CN1CCC(CN2Cc3ccccc3C2=O)CC1)c1cccc(Cl)c1. The molecule has 0 aliphatic carbocycles. The standard InChI is InChI=1S/C22H23ClN2O2/c23-19-6-3-5-17(12-19)21(26)15-24-10-8-16(9-11-24)13-25-14-18-4-1-2-7-20(18)22(25)27/h1-7,12,16H,8-11,13-15H2. The number of carbonyl (C=O) groups excluding carboxylic acids is 2. The Bertz CT molecular complexity index is 859. The normalized spacial score (nSPS) is 18.0. The Morgan fingerprint density at radius 3 is 2.59 bits per heavy atom. The number of fused-ring (bicyclic) bond motifs is 1. The van der Waals surface area contributed by atoms with Gasteiger partial charge in [0, 0.05) is 29.2 Å². The number of likely N-dealkylation sites (tertiary alicyclic amines) is 1. The lowest BCUT2D eigenvalue weighted by Crippen LogP contribution is -2.40. The van der Waals surface area contributed by atoms with E-state index in [1.165, 1.54) is 0 Å². The van der Waals surface area contributed by atoms with Crippen LogP contribution in [0.25, 0.3) is 0 Å². The second-order valence-corrected chi connectivity index (χ2v) is 7.93. The van der Waals surface area contributed by atoms with Crippen molar-refractivity contribution in [2.24, 2.45) is 5.92 Å². The van der Waals surface area contributed by atoms with Gasteiger partial charge in [0.15, 0.2) is 5.78 Å². The first kappa shape index (κ1) is 18.2. The maximum absolute atomic E-state index is 12.5. The van der Waals surface area contributed by atoms with Gasteiger partial charge in [0.05, 0.1) is 6.54 Å². The molecule has 1 amide bonds. The molecule has 4 nitrogen and oxygen atoms in total. The van der Waals surface area contributed by atoms with Crippen molar-refractivity contribution in [1.29, 1.82) is 0 Å². The highest BCUT2D eigenvalue weighted by Crippen LogP contribution is 2.26. The summed E-state index contributed by atoms with van der Waals surface area (Å²) in [5.41, 5.74) is 2.65. The highest BCUT2D eigenvalue weighted by molar-refractivity contribution is 6.31. The first-order valence-electron chi connectivity index (χ1n) is 9.48. The summed E-state index contributed by atoms with van der Waals surface area (Å²) in [5, 5.41) is 0.593. The van der Waals surface area contributed by atoms with Crippen LogP contribution >= 0.6 is 11.6 Å². The van der Waals surface area contributed by atoms with Crippen molar-refractivity contribution in [3.63, 3.8) is 0 Å². The number of nitrogens with zero attached hydrogens (tertiary/aromatic N) is 2. The molecule has 0 aromatic heterocycles. The van der Waals surface area contributed by atoms with Crippen molar-refractivity contribution in [2.75, 3.05) is 26.2 Å². The number of hydrogen-bond acceptors (Lipinski definition) is 3. The average Bonchev–Trinajstić information content (AvgIpc) is 2.99. The van der Waals surface area contributed by atoms with E-state index in [0.29, 0.717) is 23.0 Å². The van der Waals surface area contributed by atoms with Gasteiger partial charge in [-0.1, -0.05) is 41.9 Å². The number of hydrogen-bond donors (Lipinski definition) is 0. The molecular weight excluding hydrogens is 360 g/mol. The van der Waals surface area contributed by atoms with Gasteiger partial charge in [-0.25, -0.2) is 0 Å². The van der Waals surface area contributed by atoms with Crippen molar-refractivity contribution >= 4 is 23.3 Å². The van der Waals surface area contributed by atoms with Crippen LogP contribution in [0.4, 0.5) is 0 Å². The Kier molecular flexibility index (Phi) is 5.28. The Labute approximate surface area is 164 Å². The number of carbonyl (C=O) groups is 2. The highest BCUT2D eigenvalue weighted by Gasteiger charge is 2.30. The predicted molar refractivity (Wildman–Crippen MR) is 106 cm³/mol. The fraction of sp³-hybridized carbons (Fsp3) is 0.364. The average molecular weight is 383 g/mol. The fourth-order valence-electron chi connectivity index (χ4n) is 4.06. The molecule has 0 unspecified atom stereocenters. The zero-order valence-electron chi connectivity index (χ0n) is 15.2. The van der Waals surface area contributed by atoms with Crippen LogP contribution in [-0.2, 0) is 6.54 Å². The molecule has 0 bridgehead atoms. The van der Waals surface area contributed by atoms with E-state index in [1.807, 2.05) is 41.3 Å². The molecule has 0 N–H and O–H groups in total. The van der Waals surface area contributed by atoms with E-state index in [0.717, 1.165) is 50.1 Å². The van der Waals surface area contributed by atoms with Gasteiger partial charge in [0.25, 0.3) is 5.91 Å². The van der Waals surface area contributed by atoms with Crippen LogP contribution < -0.4 is 0 Å². The molecule has 0 saturated carbocycles. The third kappa shape index (κ3) is 4.07. The lowest BCUT2D eigenvalue weighted by atomic mass is 9.95. The Morgan fingerprint density at radius 1 is 1.07 bits per heavy atom. The van der Waals surface area contributed by atoms with Gasteiger partial charge in [0.2, 0.25) is 0 Å². The summed E-state index contributed by atoms with van der Waals surface area (Å²) in [6.45, 7) is 3.76. The smallest absolute Gasteiger partial charge is 0.254 e. The van der Waals surface area contributed by atoms with E-state index in [-0.39, 0.29) is 11.7 Å². The molecule has 0 atom stereocenters. The topological polar surface area (TPSA) is 40.6 Å². The number of rotatable bonds is 5. The minimum Gasteiger partial charge on any atom is -0.334 e. The molecule has 1 saturated heterocycles. The number of halogens is 1. The lowest BCUT2D eigenvalue weighted by molar-refractivity contribution is 0.0707. The molecule has 5 heteroatoms. The van der Waals surface area contributed by atoms with Gasteiger partial charge in [-0.15, -0.1) is 0 Å². The monoisotopic (exact) mass is 382 g/mol. The van der Waals surface area contributed by atoms with E-state index in [4.69, 9.17) is 11.6 Å². The van der Waals surface area contributed by atoms with E-state index < -0.39 is 0 Å². The van der Waals surface area contributed by atoms with Gasteiger partial charge in [-0.2, -0.15) is 0 Å². The molecular formula is C22H23ClN2O2. The van der Waals surface area contributed by atoms with Crippen molar-refractivity contribution in [2.45, 2.75) is 19.4 Å². The van der Waals surface area contributed by atoms with Crippen LogP contribution in [0.3, 0.4) is 0 Å². The van der Waals surface area contributed by atoms with Crippen molar-refractivity contribution in [3.05, 3.63) is 70.2 Å². The van der Waals surface area contributed by atoms with Crippen LogP contribution in [0.5, 0.6) is 0 Å². The van der Waals surface area contributed by atoms with E-state index in [2.05, 4.69) is 4.90 Å². The minimum atomic E-state index is 0.112. The summed E-state index contributed by atoms with van der Waals surface area (Å²) in [6.07, 6.45) is 2.03. The number of Topliss-reactive ketones (excluding diaryl/α,β-unsaturated/α-hetero) is 1. The second-order valence-electron chi connectivity index (χ2n) is 7.50. The van der Waals surface area contributed by atoms with Crippen molar-refractivity contribution in [1.82, 2.24) is 9.80 Å². The van der Waals surface area contributed by atoms with E-state index in [9.17, 15) is 9.59 Å². The maximum Gasteiger partial charge on any atom is 0.254 e. The zero-order chi connectivity index (χ0) is 18.8. The minimum absolute atomic E-state index is 0.112. The summed E-state index contributed by atoms with van der Waals surface area (Å²) >= 11 is 5.98. The summed E-state index contributed by atoms with van der Waals surface area (Å²) in [6, 6.07) is 15.0. The maximum atomic E-state index is 12.5. The van der Waals surface area contributed by atoms with Crippen LogP contribution in [-0.4, -0.2) is 47.7 Å². The van der Waals surface area contributed by atoms with E-state index >= 15 is 0 Å². The third-order valence-electron chi connectivity index (χ3n) is 5.60. The number of ketones is 1. The van der Waals surface area contributed by atoms with Crippen LogP contribution in [0.1, 0.15) is 39.1 Å². The van der Waals surface area contributed by atoms with Crippen LogP contribution in [0.2, 0.25) is 5.02 Å². The zero-order valence-corrected chi connectivity index (χ0v) is 16.0. The van der Waals surface area contributed by atoms with Crippen LogP contribution in [0.15, 0.2) is 48.5 Å². The molecule has 140 valence electrons. The molecule has 2 aromatic rings. The summed E-state index contributed by atoms with van der Waals surface area (Å²) in [4.78, 5) is 29.1. The van der Waals surface area contributed by atoms with E-state index in [1.54, 1.807) is 12.1 Å². The first-order chi connectivity index (χ1) is 13.1. The lowest BCUT2D eigenvalue weighted by Gasteiger charge is -2.33. The fourth-order valence-corrected chi connectivity index (χ4v) is 4.25. The van der Waals surface area contributed by atoms with Gasteiger partial charge in [-0.05, 0) is 55.6 Å². The summed E-state index contributed by atoms with van der Waals surface area (Å²) < 4.78 is 0. The largest absolute Gasteiger partial charge is 0.334 e. The predicted octanol–water partition coefficient (Wildman–Crippen LogP) is 3.89. The molecule has 2 aliphatic rings. The second kappa shape index (κ2) is 7.83. The number of benzene rings is 2. The Morgan fingerprint density at radius 2 is 1.85 bits per heavy atom. The van der Waals surface area contributed by atoms with Gasteiger partial charge in [0.1, 0.15) is 0 Å². The van der Waals surface area contributed by atoms with Gasteiger partial charge in [-0.3, -0.25) is 14.5 Å². The Hall–Kier alpha value is -2.17. The van der Waals surface area contributed by atoms with Crippen molar-refractivity contribution in [3.8, 4) is 0 Å². The van der Waals surface area contributed by atoms with Gasteiger partial charge >= 0.3 is 0 Å². The van der Waals surface area contributed by atoms with Crippen molar-refractivity contribution < 1.29 is 9.59 Å². The number of piperidine rings is 1. The molecule has 0 radical (unpaired) electrons. The number of amides is 1. The Balaban J connectivity index is 1.27. The molecule has 4 rings (SSSR count). The molecule has 2 aliphatic heterocycles. The summed E-state index contributed by atoms with van der Waals surface area (Å²) in [7, 11) is 0. The van der Waals surface area contributed by atoms with Crippen LogP contribution in [0, 0.1) is 5.92 Å². The third-order valence-corrected chi connectivity index (χ3v) is 5.83. The molecule has 2 aromatic carbocycles. The quantitative estimate of drug-likeness (QED) is 0.736. The highest BCUT2D eigenvalue weighted by atomic mass is 35.5. The molecule has 0 spiro atoms. The first-order valence-corrected chi connectivity index (χ1v) is 9.86. The van der Waals surface area contributed by atoms with Gasteiger partial charge < -0.3 is 4.90 Å². The molecule has 1 fully saturated rings. The summed E-state index contributed by atoms with van der Waals surface area (Å²) in [5.74, 6) is 0.770.